The zero-order chi connectivity index (χ0) is 31.1. The molecule has 2 unspecified atom stereocenters. The molecule has 7 N–H and O–H groups in total. The summed E-state index contributed by atoms with van der Waals surface area (Å²) in [6.07, 6.45) is 2.25. The van der Waals surface area contributed by atoms with Crippen molar-refractivity contribution in [1.82, 2.24) is 0 Å². The summed E-state index contributed by atoms with van der Waals surface area (Å²) >= 11 is 0. The summed E-state index contributed by atoms with van der Waals surface area (Å²) in [7, 11) is 0. The lowest BCUT2D eigenvalue weighted by Crippen LogP contribution is -2.59. The van der Waals surface area contributed by atoms with Gasteiger partial charge in [-0.2, -0.15) is 0 Å². The summed E-state index contributed by atoms with van der Waals surface area (Å²) in [5.41, 5.74) is 0.0409. The van der Waals surface area contributed by atoms with Gasteiger partial charge in [0, 0.05) is 17.8 Å². The molecule has 5 fully saturated rings. The topological polar surface area (TPSA) is 169 Å². The molecule has 3 saturated carbocycles. The number of hydrogen-bond acceptors (Lipinski definition) is 10. The van der Waals surface area contributed by atoms with E-state index in [2.05, 4.69) is 19.9 Å². The van der Waals surface area contributed by atoms with Gasteiger partial charge in [0.15, 0.2) is 12.1 Å². The number of ether oxygens (including phenoxy) is 3. The van der Waals surface area contributed by atoms with Crippen molar-refractivity contribution in [2.75, 3.05) is 13.2 Å². The van der Waals surface area contributed by atoms with Gasteiger partial charge >= 0.3 is 0 Å². The fourth-order valence-corrected chi connectivity index (χ4v) is 10.6. The van der Waals surface area contributed by atoms with Gasteiger partial charge in [0.05, 0.1) is 25.4 Å². The van der Waals surface area contributed by atoms with E-state index in [9.17, 15) is 35.7 Å². The van der Waals surface area contributed by atoms with E-state index in [1.165, 1.54) is 5.57 Å². The van der Waals surface area contributed by atoms with Gasteiger partial charge < -0.3 is 50.0 Å². The van der Waals surface area contributed by atoms with E-state index < -0.39 is 60.7 Å². The van der Waals surface area contributed by atoms with E-state index >= 15 is 0 Å². The number of hydrogen-bond donors (Lipinski definition) is 7. The first-order valence-electron chi connectivity index (χ1n) is 16.6. The molecule has 2 aliphatic heterocycles. The molecule has 10 heteroatoms. The number of allylic oxidation sites excluding steroid dienone is 1. The average molecular weight is 611 g/mol. The Kier molecular flexibility index (Phi) is 8.45. The third-order valence-corrected chi connectivity index (χ3v) is 13.4. The third-order valence-electron chi connectivity index (χ3n) is 13.4. The van der Waals surface area contributed by atoms with Crippen LogP contribution < -0.4 is 0 Å². The lowest BCUT2D eigenvalue weighted by Gasteiger charge is -2.59. The predicted octanol–water partition coefficient (Wildman–Crippen LogP) is 1.61. The van der Waals surface area contributed by atoms with E-state index in [1.54, 1.807) is 0 Å². The van der Waals surface area contributed by atoms with Crippen LogP contribution in [-0.4, -0.2) is 103 Å². The summed E-state index contributed by atoms with van der Waals surface area (Å²) in [5, 5.41) is 74.3. The lowest BCUT2D eigenvalue weighted by molar-refractivity contribution is -0.303. The van der Waals surface area contributed by atoms with Crippen LogP contribution in [0.25, 0.3) is 0 Å². The number of rotatable bonds is 7. The van der Waals surface area contributed by atoms with Crippen LogP contribution in [0.15, 0.2) is 11.6 Å². The summed E-state index contributed by atoms with van der Waals surface area (Å²) in [5.74, 6) is -0.725. The first-order chi connectivity index (χ1) is 20.2. The molecule has 2 heterocycles. The number of aliphatic hydroxyl groups is 7. The Morgan fingerprint density at radius 1 is 1.02 bits per heavy atom. The van der Waals surface area contributed by atoms with E-state index in [4.69, 9.17) is 14.2 Å². The second-order valence-electron chi connectivity index (χ2n) is 15.5. The van der Waals surface area contributed by atoms with Crippen molar-refractivity contribution in [2.24, 2.45) is 40.4 Å². The maximum atomic E-state index is 12.5. The highest BCUT2D eigenvalue weighted by molar-refractivity contribution is 5.28. The molecule has 0 aromatic heterocycles. The van der Waals surface area contributed by atoms with Crippen molar-refractivity contribution >= 4 is 0 Å². The first kappa shape index (κ1) is 32.3. The van der Waals surface area contributed by atoms with Crippen LogP contribution in [0.2, 0.25) is 0 Å². The maximum absolute atomic E-state index is 12.5. The number of fused-ring (bicyclic) bond motifs is 7. The molecule has 0 radical (unpaired) electrons. The van der Waals surface area contributed by atoms with Gasteiger partial charge in [0.2, 0.25) is 0 Å². The van der Waals surface area contributed by atoms with Gasteiger partial charge in [-0.05, 0) is 80.5 Å². The van der Waals surface area contributed by atoms with Crippen molar-refractivity contribution in [3.05, 3.63) is 11.6 Å². The van der Waals surface area contributed by atoms with Crippen molar-refractivity contribution < 1.29 is 50.0 Å². The quantitative estimate of drug-likeness (QED) is 0.210. The minimum atomic E-state index is -1.50. The van der Waals surface area contributed by atoms with Gasteiger partial charge in [0.25, 0.3) is 0 Å². The summed E-state index contributed by atoms with van der Waals surface area (Å²) in [6.45, 7) is 8.14. The van der Waals surface area contributed by atoms with E-state index in [0.717, 1.165) is 44.9 Å². The molecule has 0 aromatic carbocycles. The normalized spacial score (nSPS) is 55.1. The molecule has 2 saturated heterocycles. The Morgan fingerprint density at radius 2 is 1.77 bits per heavy atom. The van der Waals surface area contributed by atoms with Crippen LogP contribution in [-0.2, 0) is 14.2 Å². The summed E-state index contributed by atoms with van der Waals surface area (Å²) < 4.78 is 17.6. The maximum Gasteiger partial charge on any atom is 0.186 e. The molecule has 0 bridgehead atoms. The molecule has 0 amide bonds. The van der Waals surface area contributed by atoms with Crippen LogP contribution >= 0.6 is 0 Å². The van der Waals surface area contributed by atoms with Gasteiger partial charge in [-0.3, -0.25) is 0 Å². The standard InChI is InChI=1S/C33H54O10/c1-17(16-41-29-28(38)27(37)26(36)24(15-34)42-29)7-12-32(39)18(2)33(40)25(43-32)14-23-21-6-5-19-13-20(35)8-10-30(19,3)22(21)9-11-31(23,33)4/h5,17-18,20-29,34-40H,6-16H2,1-4H3/t17?,18-,20+,21-,22+,23+,24-,25+,26-,27+,28-,29-,30+,31+,32?,33-/m1/s1. The van der Waals surface area contributed by atoms with E-state index in [1.807, 2.05) is 13.8 Å². The SMILES string of the molecule is CC(CCC1(O)O[C@H]2C[C@H]3[C@@H]4CC=C5C[C@@H](O)CC[C@]5(C)[C@H]4CC[C@]3(C)[C@@]2(O)[C@@H]1C)CO[C@@H]1O[C@H](CO)[C@@H](O)[C@H](O)[C@H]1O. The van der Waals surface area contributed by atoms with Gasteiger partial charge in [-0.1, -0.05) is 39.3 Å². The highest BCUT2D eigenvalue weighted by atomic mass is 16.7. The second-order valence-corrected chi connectivity index (χ2v) is 15.5. The Morgan fingerprint density at radius 3 is 2.49 bits per heavy atom. The molecule has 6 aliphatic rings. The van der Waals surface area contributed by atoms with Crippen LogP contribution in [0, 0.1) is 40.4 Å². The molecular formula is C33H54O10. The molecule has 4 aliphatic carbocycles. The molecule has 246 valence electrons. The zero-order valence-electron chi connectivity index (χ0n) is 26.1. The van der Waals surface area contributed by atoms with Crippen LogP contribution in [0.3, 0.4) is 0 Å². The molecule has 10 nitrogen and oxygen atoms in total. The Labute approximate surface area is 255 Å². The molecule has 0 spiro atoms. The Bertz CT molecular complexity index is 1070. The largest absolute Gasteiger partial charge is 0.394 e. The zero-order valence-corrected chi connectivity index (χ0v) is 26.1. The monoisotopic (exact) mass is 610 g/mol. The van der Waals surface area contributed by atoms with E-state index in [0.29, 0.717) is 30.6 Å². The highest BCUT2D eigenvalue weighted by Crippen LogP contribution is 2.71. The lowest BCUT2D eigenvalue weighted by atomic mass is 9.46. The number of aliphatic hydroxyl groups excluding tert-OH is 5. The van der Waals surface area contributed by atoms with Crippen molar-refractivity contribution in [1.29, 1.82) is 0 Å². The first-order valence-corrected chi connectivity index (χ1v) is 16.6. The summed E-state index contributed by atoms with van der Waals surface area (Å²) in [4.78, 5) is 0. The van der Waals surface area contributed by atoms with Crippen LogP contribution in [0.4, 0.5) is 0 Å². The van der Waals surface area contributed by atoms with Gasteiger partial charge in [-0.25, -0.2) is 0 Å². The Balaban J connectivity index is 1.09. The summed E-state index contributed by atoms with van der Waals surface area (Å²) in [6, 6.07) is 0. The minimum Gasteiger partial charge on any atom is -0.394 e. The third kappa shape index (κ3) is 4.81. The molecular weight excluding hydrogens is 556 g/mol. The highest BCUT2D eigenvalue weighted by Gasteiger charge is 2.75. The average Bonchev–Trinajstić information content (AvgIpc) is 3.32. The minimum absolute atomic E-state index is 0.0703. The van der Waals surface area contributed by atoms with Crippen molar-refractivity contribution in [3.63, 3.8) is 0 Å². The van der Waals surface area contributed by atoms with Crippen LogP contribution in [0.5, 0.6) is 0 Å². The smallest absolute Gasteiger partial charge is 0.186 e. The van der Waals surface area contributed by atoms with Crippen molar-refractivity contribution in [2.45, 2.75) is 140 Å². The molecule has 0 aromatic rings. The molecule has 6 rings (SSSR count). The molecule has 43 heavy (non-hydrogen) atoms. The van der Waals surface area contributed by atoms with E-state index in [-0.39, 0.29) is 29.5 Å². The fourth-order valence-electron chi connectivity index (χ4n) is 10.6. The van der Waals surface area contributed by atoms with Gasteiger partial charge in [-0.15, -0.1) is 0 Å². The predicted molar refractivity (Wildman–Crippen MR) is 155 cm³/mol. The molecule has 16 atom stereocenters. The second kappa shape index (κ2) is 11.2. The van der Waals surface area contributed by atoms with Gasteiger partial charge in [0.1, 0.15) is 30.0 Å². The van der Waals surface area contributed by atoms with Crippen LogP contribution in [0.1, 0.15) is 85.5 Å². The van der Waals surface area contributed by atoms with Crippen molar-refractivity contribution in [3.8, 4) is 0 Å². The fraction of sp³-hybridized carbons (Fsp3) is 0.939. The Hall–Kier alpha value is -0.660.